The molecule has 3 atom stereocenters. The van der Waals surface area contributed by atoms with E-state index in [-0.39, 0.29) is 0 Å². The smallest absolute Gasteiger partial charge is 0.150 e. The third kappa shape index (κ3) is 5.27. The van der Waals surface area contributed by atoms with Crippen LogP contribution in [-0.4, -0.2) is 32.5 Å². The van der Waals surface area contributed by atoms with Crippen LogP contribution in [0.15, 0.2) is 0 Å². The summed E-state index contributed by atoms with van der Waals surface area (Å²) in [5, 5.41) is 3.50. The number of hydrogen-bond acceptors (Lipinski definition) is 3. The third-order valence-electron chi connectivity index (χ3n) is 3.83. The van der Waals surface area contributed by atoms with Gasteiger partial charge in [-0.05, 0) is 43.6 Å². The van der Waals surface area contributed by atoms with Gasteiger partial charge in [-0.15, -0.1) is 0 Å². The summed E-state index contributed by atoms with van der Waals surface area (Å²) < 4.78 is 23.2. The average molecular weight is 275 g/mol. The molecule has 1 N–H and O–H groups in total. The van der Waals surface area contributed by atoms with Crippen LogP contribution >= 0.6 is 0 Å². The van der Waals surface area contributed by atoms with Gasteiger partial charge < -0.3 is 5.32 Å². The van der Waals surface area contributed by atoms with Gasteiger partial charge in [0.2, 0.25) is 0 Å². The summed E-state index contributed by atoms with van der Waals surface area (Å²) in [6.07, 6.45) is 3.17. The van der Waals surface area contributed by atoms with Crippen molar-refractivity contribution < 1.29 is 8.42 Å². The molecule has 108 valence electrons. The van der Waals surface area contributed by atoms with Gasteiger partial charge in [0.25, 0.3) is 0 Å². The first-order valence-corrected chi connectivity index (χ1v) is 9.10. The molecule has 1 aliphatic rings. The van der Waals surface area contributed by atoms with Crippen molar-refractivity contribution >= 4 is 9.84 Å². The van der Waals surface area contributed by atoms with Crippen LogP contribution in [0.5, 0.6) is 0 Å². The molecule has 4 heteroatoms. The van der Waals surface area contributed by atoms with E-state index in [4.69, 9.17) is 0 Å². The van der Waals surface area contributed by atoms with Crippen molar-refractivity contribution in [1.29, 1.82) is 0 Å². The van der Waals surface area contributed by atoms with E-state index in [2.05, 4.69) is 33.0 Å². The third-order valence-corrected chi connectivity index (χ3v) is 5.63. The van der Waals surface area contributed by atoms with Gasteiger partial charge in [0.05, 0.1) is 11.5 Å². The van der Waals surface area contributed by atoms with Crippen LogP contribution in [0.2, 0.25) is 0 Å². The summed E-state index contributed by atoms with van der Waals surface area (Å²) in [6.45, 7) is 9.81. The Morgan fingerprint density at radius 1 is 1.22 bits per heavy atom. The lowest BCUT2D eigenvalue weighted by Crippen LogP contribution is -2.38. The number of sulfone groups is 1. The summed E-state index contributed by atoms with van der Waals surface area (Å²) in [5.74, 6) is 2.48. The Hall–Kier alpha value is -0.0900. The summed E-state index contributed by atoms with van der Waals surface area (Å²) in [4.78, 5) is 0. The molecule has 0 aromatic carbocycles. The van der Waals surface area contributed by atoms with Crippen molar-refractivity contribution in [2.75, 3.05) is 18.1 Å². The van der Waals surface area contributed by atoms with Crippen LogP contribution in [0.25, 0.3) is 0 Å². The predicted octanol–water partition coefficient (Wildman–Crippen LogP) is 2.47. The maximum Gasteiger partial charge on any atom is 0.150 e. The Bertz CT molecular complexity index is 338. The molecule has 1 heterocycles. The molecule has 3 nitrogen and oxygen atoms in total. The van der Waals surface area contributed by atoms with E-state index < -0.39 is 9.84 Å². The molecular weight excluding hydrogens is 246 g/mol. The van der Waals surface area contributed by atoms with Crippen LogP contribution in [0.3, 0.4) is 0 Å². The summed E-state index contributed by atoms with van der Waals surface area (Å²) >= 11 is 0. The van der Waals surface area contributed by atoms with E-state index in [0.717, 1.165) is 25.3 Å². The second-order valence-corrected chi connectivity index (χ2v) is 8.53. The molecule has 1 saturated heterocycles. The molecule has 0 bridgehead atoms. The van der Waals surface area contributed by atoms with Crippen molar-refractivity contribution in [3.63, 3.8) is 0 Å². The fourth-order valence-electron chi connectivity index (χ4n) is 3.18. The van der Waals surface area contributed by atoms with Gasteiger partial charge in [-0.2, -0.15) is 0 Å². The van der Waals surface area contributed by atoms with Gasteiger partial charge in [0, 0.05) is 6.04 Å². The van der Waals surface area contributed by atoms with Crippen molar-refractivity contribution in [2.45, 2.75) is 53.0 Å². The zero-order valence-corrected chi connectivity index (χ0v) is 13.1. The molecule has 1 aliphatic heterocycles. The van der Waals surface area contributed by atoms with E-state index in [9.17, 15) is 8.42 Å². The molecule has 1 rings (SSSR count). The van der Waals surface area contributed by atoms with Crippen molar-refractivity contribution in [3.8, 4) is 0 Å². The Morgan fingerprint density at radius 3 is 2.33 bits per heavy atom. The predicted molar refractivity (Wildman–Crippen MR) is 77.5 cm³/mol. The maximum absolute atomic E-state index is 11.6. The van der Waals surface area contributed by atoms with E-state index in [1.54, 1.807) is 0 Å². The molecule has 1 fully saturated rings. The molecule has 0 spiro atoms. The van der Waals surface area contributed by atoms with E-state index in [1.807, 2.05) is 0 Å². The highest BCUT2D eigenvalue weighted by Gasteiger charge is 2.33. The molecule has 3 unspecified atom stereocenters. The molecule has 0 saturated carbocycles. The molecule has 0 aliphatic carbocycles. The molecule has 0 amide bonds. The Morgan fingerprint density at radius 2 is 1.89 bits per heavy atom. The quantitative estimate of drug-likeness (QED) is 0.776. The Labute approximate surface area is 113 Å². The molecule has 18 heavy (non-hydrogen) atoms. The van der Waals surface area contributed by atoms with Gasteiger partial charge in [-0.3, -0.25) is 0 Å². The first-order chi connectivity index (χ1) is 8.34. The molecule has 0 aromatic rings. The van der Waals surface area contributed by atoms with E-state index >= 15 is 0 Å². The van der Waals surface area contributed by atoms with Gasteiger partial charge >= 0.3 is 0 Å². The second-order valence-electron chi connectivity index (χ2n) is 6.30. The van der Waals surface area contributed by atoms with Gasteiger partial charge in [0.1, 0.15) is 0 Å². The molecule has 0 aromatic heterocycles. The van der Waals surface area contributed by atoms with Gasteiger partial charge in [-0.25, -0.2) is 8.42 Å². The first-order valence-electron chi connectivity index (χ1n) is 7.27. The monoisotopic (exact) mass is 275 g/mol. The van der Waals surface area contributed by atoms with E-state index in [0.29, 0.717) is 29.4 Å². The largest absolute Gasteiger partial charge is 0.314 e. The maximum atomic E-state index is 11.6. The molecular formula is C14H29NO2S. The van der Waals surface area contributed by atoms with Crippen molar-refractivity contribution in [1.82, 2.24) is 5.32 Å². The van der Waals surface area contributed by atoms with Crippen LogP contribution < -0.4 is 5.32 Å². The summed E-state index contributed by atoms with van der Waals surface area (Å²) in [7, 11) is -2.76. The Kier molecular flexibility index (Phi) is 6.12. The summed E-state index contributed by atoms with van der Waals surface area (Å²) in [6, 6.07) is 0.376. The van der Waals surface area contributed by atoms with Gasteiger partial charge in [0.15, 0.2) is 9.84 Å². The summed E-state index contributed by atoms with van der Waals surface area (Å²) in [5.41, 5.74) is 0. The van der Waals surface area contributed by atoms with Crippen LogP contribution in [0, 0.1) is 17.8 Å². The standard InChI is InChI=1S/C14H29NO2S/c1-5-15-14(9-12(4)8-11(2)3)13-6-7-18(16,17)10-13/h11-15H,5-10H2,1-4H3. The SMILES string of the molecule is CCNC(CC(C)CC(C)C)C1CCS(=O)(=O)C1. The normalized spacial score (nSPS) is 26.4. The fourth-order valence-corrected chi connectivity index (χ4v) is 5.06. The highest BCUT2D eigenvalue weighted by molar-refractivity contribution is 7.91. The number of rotatable bonds is 7. The zero-order valence-electron chi connectivity index (χ0n) is 12.3. The van der Waals surface area contributed by atoms with Crippen LogP contribution in [0.1, 0.15) is 47.0 Å². The first kappa shape index (κ1) is 16.0. The van der Waals surface area contributed by atoms with E-state index in [1.165, 1.54) is 6.42 Å². The fraction of sp³-hybridized carbons (Fsp3) is 1.00. The molecule has 0 radical (unpaired) electrons. The number of hydrogen-bond donors (Lipinski definition) is 1. The lowest BCUT2D eigenvalue weighted by Gasteiger charge is -2.27. The van der Waals surface area contributed by atoms with Gasteiger partial charge in [-0.1, -0.05) is 27.7 Å². The minimum absolute atomic E-state index is 0.324. The average Bonchev–Trinajstić information content (AvgIpc) is 2.57. The second kappa shape index (κ2) is 6.90. The van der Waals surface area contributed by atoms with Crippen LogP contribution in [0.4, 0.5) is 0 Å². The highest BCUT2D eigenvalue weighted by Crippen LogP contribution is 2.27. The lowest BCUT2D eigenvalue weighted by atomic mass is 9.87. The zero-order chi connectivity index (χ0) is 13.8. The minimum atomic E-state index is -2.76. The lowest BCUT2D eigenvalue weighted by molar-refractivity contribution is 0.297. The minimum Gasteiger partial charge on any atom is -0.314 e. The number of nitrogens with one attached hydrogen (secondary N) is 1. The van der Waals surface area contributed by atoms with Crippen LogP contribution in [-0.2, 0) is 9.84 Å². The topological polar surface area (TPSA) is 46.2 Å². The van der Waals surface area contributed by atoms with Crippen molar-refractivity contribution in [3.05, 3.63) is 0 Å². The van der Waals surface area contributed by atoms with Crippen molar-refractivity contribution in [2.24, 2.45) is 17.8 Å². The Balaban J connectivity index is 2.54. The highest BCUT2D eigenvalue weighted by atomic mass is 32.2.